The Hall–Kier alpha value is -2.92. The highest BCUT2D eigenvalue weighted by Crippen LogP contribution is 2.35. The molecule has 142 valence electrons. The Morgan fingerprint density at radius 2 is 1.93 bits per heavy atom. The van der Waals surface area contributed by atoms with Crippen LogP contribution < -0.4 is 0 Å². The van der Waals surface area contributed by atoms with Gasteiger partial charge in [0.05, 0.1) is 5.02 Å². The van der Waals surface area contributed by atoms with Crippen molar-refractivity contribution >= 4 is 23.5 Å². The number of alkyl halides is 3. The number of allylic oxidation sites excluding steroid dienone is 1. The van der Waals surface area contributed by atoms with Crippen LogP contribution in [-0.4, -0.2) is 26.7 Å². The minimum absolute atomic E-state index is 0.0290. The highest BCUT2D eigenvalue weighted by atomic mass is 35.5. The van der Waals surface area contributed by atoms with Crippen LogP contribution in [0.4, 0.5) is 13.2 Å². The molecule has 0 spiro atoms. The number of aromatic hydroxyl groups is 2. The summed E-state index contributed by atoms with van der Waals surface area (Å²) in [5, 5.41) is 28.1. The summed E-state index contributed by atoms with van der Waals surface area (Å²) in [6.45, 7) is 1.55. The largest absolute Gasteiger partial charge is 0.504 e. The van der Waals surface area contributed by atoms with E-state index in [4.69, 9.17) is 11.6 Å². The van der Waals surface area contributed by atoms with Gasteiger partial charge < -0.3 is 14.8 Å². The lowest BCUT2D eigenvalue weighted by atomic mass is 10.0. The van der Waals surface area contributed by atoms with E-state index in [2.05, 4.69) is 0 Å². The zero-order valence-electron chi connectivity index (χ0n) is 14.2. The highest BCUT2D eigenvalue weighted by Gasteiger charge is 2.30. The number of hydrogen-bond acceptors (Lipinski definition) is 4. The van der Waals surface area contributed by atoms with Gasteiger partial charge in [-0.25, -0.2) is 0 Å². The molecule has 1 aromatic heterocycles. The first-order chi connectivity index (χ1) is 12.4. The Morgan fingerprint density at radius 1 is 1.30 bits per heavy atom. The molecule has 9 heteroatoms. The fourth-order valence-electron chi connectivity index (χ4n) is 2.60. The van der Waals surface area contributed by atoms with Gasteiger partial charge in [-0.3, -0.25) is 4.79 Å². The summed E-state index contributed by atoms with van der Waals surface area (Å²) in [5.41, 5.74) is 0.102. The van der Waals surface area contributed by atoms with Gasteiger partial charge in [0, 0.05) is 17.0 Å². The number of halogens is 4. The quantitative estimate of drug-likeness (QED) is 0.343. The van der Waals surface area contributed by atoms with Crippen LogP contribution in [0.5, 0.6) is 11.5 Å². The Kier molecular flexibility index (Phi) is 5.56. The molecule has 0 bridgehead atoms. The number of aromatic nitrogens is 1. The van der Waals surface area contributed by atoms with Crippen molar-refractivity contribution in [1.29, 1.82) is 5.26 Å². The molecule has 2 rings (SSSR count). The Bertz CT molecular complexity index is 962. The Labute approximate surface area is 157 Å². The van der Waals surface area contributed by atoms with Gasteiger partial charge in [-0.2, -0.15) is 18.4 Å². The first-order valence-electron chi connectivity index (χ1n) is 7.56. The molecule has 0 saturated heterocycles. The summed E-state index contributed by atoms with van der Waals surface area (Å²) in [5.74, 6) is -1.85. The van der Waals surface area contributed by atoms with Gasteiger partial charge in [0.2, 0.25) is 5.78 Å². The number of rotatable bonds is 4. The maximum Gasteiger partial charge on any atom is 0.406 e. The van der Waals surface area contributed by atoms with Crippen LogP contribution in [0, 0.1) is 25.2 Å². The molecule has 0 saturated carbocycles. The molecular weight excluding hydrogens is 385 g/mol. The third-order valence-electron chi connectivity index (χ3n) is 3.90. The normalized spacial score (nSPS) is 12.1. The number of ketones is 1. The number of carbonyl (C=O) groups is 1. The van der Waals surface area contributed by atoms with Gasteiger partial charge >= 0.3 is 6.18 Å². The third-order valence-corrected chi connectivity index (χ3v) is 4.19. The molecule has 2 N–H and O–H groups in total. The topological polar surface area (TPSA) is 86.2 Å². The molecule has 0 amide bonds. The van der Waals surface area contributed by atoms with Gasteiger partial charge in [0.1, 0.15) is 18.2 Å². The second kappa shape index (κ2) is 7.37. The maximum absolute atomic E-state index is 12.7. The minimum Gasteiger partial charge on any atom is -0.504 e. The van der Waals surface area contributed by atoms with Crippen molar-refractivity contribution < 1.29 is 28.2 Å². The first kappa shape index (κ1) is 20.4. The standard InChI is InChI=1S/C18H14ClF3N2O3/c1-9-3-13(10(2)24(9)8-18(20,21)22)16(26)12(7-23)4-11-5-14(19)17(27)15(25)6-11/h3-6,25,27H,8H2,1-2H3/b12-4+. The molecule has 1 heterocycles. The predicted octanol–water partition coefficient (Wildman–Crippen LogP) is 4.52. The second-order valence-corrected chi connectivity index (χ2v) is 6.26. The molecule has 0 unspecified atom stereocenters. The van der Waals surface area contributed by atoms with E-state index in [0.29, 0.717) is 0 Å². The summed E-state index contributed by atoms with van der Waals surface area (Å²) in [6, 6.07) is 5.31. The summed E-state index contributed by atoms with van der Waals surface area (Å²) in [4.78, 5) is 12.6. The van der Waals surface area contributed by atoms with Crippen molar-refractivity contribution in [2.75, 3.05) is 0 Å². The summed E-state index contributed by atoms with van der Waals surface area (Å²) in [7, 11) is 0. The lowest BCUT2D eigenvalue weighted by Crippen LogP contribution is -2.19. The average Bonchev–Trinajstić information content (AvgIpc) is 2.83. The molecule has 0 fully saturated rings. The van der Waals surface area contributed by atoms with Crippen LogP contribution >= 0.6 is 11.6 Å². The number of nitriles is 1. The molecule has 0 aliphatic carbocycles. The molecule has 27 heavy (non-hydrogen) atoms. The smallest absolute Gasteiger partial charge is 0.406 e. The van der Waals surface area contributed by atoms with E-state index < -0.39 is 30.0 Å². The number of Topliss-reactive ketones (excluding diaryl/α,β-unsaturated/α-hetero) is 1. The summed E-state index contributed by atoms with van der Waals surface area (Å²) >= 11 is 5.74. The number of benzene rings is 1. The molecule has 0 radical (unpaired) electrons. The van der Waals surface area contributed by atoms with E-state index in [1.165, 1.54) is 26.0 Å². The van der Waals surface area contributed by atoms with Gasteiger partial charge in [-0.15, -0.1) is 0 Å². The van der Waals surface area contributed by atoms with Crippen molar-refractivity contribution in [1.82, 2.24) is 4.57 Å². The average molecular weight is 399 g/mol. The first-order valence-corrected chi connectivity index (χ1v) is 7.94. The van der Waals surface area contributed by atoms with Gasteiger partial charge in [-0.1, -0.05) is 11.6 Å². The monoisotopic (exact) mass is 398 g/mol. The maximum atomic E-state index is 12.7. The molecular formula is C18H14ClF3N2O3. The van der Waals surface area contributed by atoms with Crippen molar-refractivity contribution in [3.8, 4) is 17.6 Å². The third kappa shape index (κ3) is 4.44. The summed E-state index contributed by atoms with van der Waals surface area (Å²) in [6.07, 6.45) is -3.33. The minimum atomic E-state index is -4.46. The number of phenolic OH excluding ortho intramolecular Hbond substituents is 2. The van der Waals surface area contributed by atoms with Crippen LogP contribution in [0.2, 0.25) is 5.02 Å². The Balaban J connectivity index is 2.47. The molecule has 0 aliphatic rings. The number of nitrogens with zero attached hydrogens (tertiary/aromatic N) is 2. The van der Waals surface area contributed by atoms with Gasteiger partial charge in [0.25, 0.3) is 0 Å². The molecule has 0 atom stereocenters. The van der Waals surface area contributed by atoms with E-state index in [9.17, 15) is 33.4 Å². The van der Waals surface area contributed by atoms with Crippen LogP contribution in [0.15, 0.2) is 23.8 Å². The molecule has 1 aromatic carbocycles. The van der Waals surface area contributed by atoms with Crippen LogP contribution in [0.25, 0.3) is 6.08 Å². The van der Waals surface area contributed by atoms with E-state index in [-0.39, 0.29) is 33.1 Å². The summed E-state index contributed by atoms with van der Waals surface area (Å²) < 4.78 is 39.1. The Morgan fingerprint density at radius 3 is 2.44 bits per heavy atom. The lowest BCUT2D eigenvalue weighted by Gasteiger charge is -2.12. The second-order valence-electron chi connectivity index (χ2n) is 5.86. The zero-order chi connectivity index (χ0) is 20.5. The molecule has 5 nitrogen and oxygen atoms in total. The van der Waals surface area contributed by atoms with E-state index in [0.717, 1.165) is 16.7 Å². The number of hydrogen-bond donors (Lipinski definition) is 2. The highest BCUT2D eigenvalue weighted by molar-refractivity contribution is 6.32. The van der Waals surface area contributed by atoms with Crippen LogP contribution in [0.1, 0.15) is 27.3 Å². The zero-order valence-corrected chi connectivity index (χ0v) is 15.0. The van der Waals surface area contributed by atoms with Crippen molar-refractivity contribution in [2.45, 2.75) is 26.6 Å². The molecule has 0 aliphatic heterocycles. The van der Waals surface area contributed by atoms with E-state index in [1.54, 1.807) is 6.07 Å². The van der Waals surface area contributed by atoms with Crippen molar-refractivity contribution in [3.05, 3.63) is 51.3 Å². The van der Waals surface area contributed by atoms with Crippen molar-refractivity contribution in [3.63, 3.8) is 0 Å². The molecule has 2 aromatic rings. The van der Waals surface area contributed by atoms with Gasteiger partial charge in [0.15, 0.2) is 11.5 Å². The number of carbonyl (C=O) groups excluding carboxylic acids is 1. The number of phenols is 2. The van der Waals surface area contributed by atoms with E-state index in [1.807, 2.05) is 0 Å². The van der Waals surface area contributed by atoms with Crippen molar-refractivity contribution in [2.24, 2.45) is 0 Å². The fourth-order valence-corrected chi connectivity index (χ4v) is 2.83. The fraction of sp³-hybridized carbons (Fsp3) is 0.222. The SMILES string of the molecule is Cc1cc(C(=O)/C(C#N)=C/c2cc(O)c(O)c(Cl)c2)c(C)n1CC(F)(F)F. The lowest BCUT2D eigenvalue weighted by molar-refractivity contribution is -0.141. The van der Waals surface area contributed by atoms with Crippen LogP contribution in [0.3, 0.4) is 0 Å². The van der Waals surface area contributed by atoms with Gasteiger partial charge in [-0.05, 0) is 43.7 Å². The van der Waals surface area contributed by atoms with Crippen LogP contribution in [-0.2, 0) is 6.54 Å². The van der Waals surface area contributed by atoms with E-state index >= 15 is 0 Å². The predicted molar refractivity (Wildman–Crippen MR) is 92.7 cm³/mol. The number of aryl methyl sites for hydroxylation is 1.